The lowest BCUT2D eigenvalue weighted by Gasteiger charge is -2.21. The molecule has 0 radical (unpaired) electrons. The minimum Gasteiger partial charge on any atom is -0.340 e. The number of rotatable bonds is 6. The fourth-order valence-electron chi connectivity index (χ4n) is 2.17. The van der Waals surface area contributed by atoms with Gasteiger partial charge in [-0.05, 0) is 18.4 Å². The third-order valence-electron chi connectivity index (χ3n) is 3.88. The second kappa shape index (κ2) is 8.70. The molecular weight excluding hydrogens is 312 g/mol. The Kier molecular flexibility index (Phi) is 7.26. The number of aromatic nitrogens is 2. The molecule has 0 aliphatic rings. The van der Waals surface area contributed by atoms with E-state index in [0.29, 0.717) is 18.2 Å². The van der Waals surface area contributed by atoms with Crippen molar-refractivity contribution in [3.63, 3.8) is 0 Å². The second-order valence-electron chi connectivity index (χ2n) is 5.96. The number of nitrogens with one attached hydrogen (secondary N) is 1. The highest BCUT2D eigenvalue weighted by atomic mass is 35.5. The van der Waals surface area contributed by atoms with Gasteiger partial charge in [0.25, 0.3) is 5.91 Å². The van der Waals surface area contributed by atoms with Gasteiger partial charge in [-0.15, -0.1) is 12.4 Å². The summed E-state index contributed by atoms with van der Waals surface area (Å²) >= 11 is 0. The van der Waals surface area contributed by atoms with Crippen molar-refractivity contribution in [2.45, 2.75) is 26.3 Å². The summed E-state index contributed by atoms with van der Waals surface area (Å²) in [6.07, 6.45) is 0.791. The molecular formula is C17H25ClN4O. The molecule has 2 aromatic rings. The Hall–Kier alpha value is -1.85. The first-order chi connectivity index (χ1) is 10.5. The molecule has 0 fully saturated rings. The summed E-state index contributed by atoms with van der Waals surface area (Å²) < 4.78 is 0. The summed E-state index contributed by atoms with van der Waals surface area (Å²) in [7, 11) is 1.79. The van der Waals surface area contributed by atoms with E-state index in [1.807, 2.05) is 30.3 Å². The molecule has 1 heterocycles. The average Bonchev–Trinajstić information content (AvgIpc) is 3.02. The van der Waals surface area contributed by atoms with Crippen molar-refractivity contribution >= 4 is 18.3 Å². The molecule has 126 valence electrons. The number of amides is 1. The first-order valence-electron chi connectivity index (χ1n) is 7.61. The summed E-state index contributed by atoms with van der Waals surface area (Å²) in [6.45, 7) is 4.82. The zero-order valence-electron chi connectivity index (χ0n) is 13.8. The zero-order chi connectivity index (χ0) is 16.1. The third-order valence-corrected chi connectivity index (χ3v) is 3.88. The standard InChI is InChI=1S/C17H24N4O.ClH/c1-12(2)14(18)9-10-21(3)17(22)16-11-15(19-20-16)13-7-5-4-6-8-13;/h4-8,11-12,14H,9-10,18H2,1-3H3,(H,19,20);1H. The lowest BCUT2D eigenvalue weighted by atomic mass is 10.0. The van der Waals surface area contributed by atoms with Gasteiger partial charge in [0.2, 0.25) is 0 Å². The monoisotopic (exact) mass is 336 g/mol. The van der Waals surface area contributed by atoms with Crippen LogP contribution in [-0.2, 0) is 0 Å². The van der Waals surface area contributed by atoms with Crippen molar-refractivity contribution in [1.29, 1.82) is 0 Å². The van der Waals surface area contributed by atoms with Crippen molar-refractivity contribution < 1.29 is 4.79 Å². The van der Waals surface area contributed by atoms with Crippen molar-refractivity contribution in [2.75, 3.05) is 13.6 Å². The zero-order valence-corrected chi connectivity index (χ0v) is 14.6. The summed E-state index contributed by atoms with van der Waals surface area (Å²) in [4.78, 5) is 14.1. The number of nitrogens with zero attached hydrogens (tertiary/aromatic N) is 2. The molecule has 0 saturated heterocycles. The lowest BCUT2D eigenvalue weighted by Crippen LogP contribution is -2.34. The molecule has 1 unspecified atom stereocenters. The van der Waals surface area contributed by atoms with Gasteiger partial charge in [-0.3, -0.25) is 9.89 Å². The fourth-order valence-corrected chi connectivity index (χ4v) is 2.17. The normalized spacial score (nSPS) is 11.9. The molecule has 6 heteroatoms. The van der Waals surface area contributed by atoms with Crippen LogP contribution in [0.2, 0.25) is 0 Å². The number of aromatic amines is 1. The highest BCUT2D eigenvalue weighted by Crippen LogP contribution is 2.17. The van der Waals surface area contributed by atoms with Crippen LogP contribution in [0, 0.1) is 5.92 Å². The van der Waals surface area contributed by atoms with Crippen LogP contribution in [0.3, 0.4) is 0 Å². The minimum absolute atomic E-state index is 0. The molecule has 1 aromatic carbocycles. The average molecular weight is 337 g/mol. The predicted molar refractivity (Wildman–Crippen MR) is 95.7 cm³/mol. The van der Waals surface area contributed by atoms with Crippen LogP contribution in [-0.4, -0.2) is 40.6 Å². The Bertz CT molecular complexity index is 612. The molecule has 0 spiro atoms. The number of H-pyrrole nitrogens is 1. The van der Waals surface area contributed by atoms with Crippen molar-refractivity contribution in [1.82, 2.24) is 15.1 Å². The summed E-state index contributed by atoms with van der Waals surface area (Å²) in [6, 6.07) is 11.7. The number of nitrogens with two attached hydrogens (primary N) is 1. The molecule has 1 amide bonds. The van der Waals surface area contributed by atoms with Crippen LogP contribution < -0.4 is 5.73 Å². The Labute approximate surface area is 143 Å². The van der Waals surface area contributed by atoms with Crippen LogP contribution in [0.4, 0.5) is 0 Å². The molecule has 0 aliphatic carbocycles. The molecule has 1 aromatic heterocycles. The van der Waals surface area contributed by atoms with Crippen molar-refractivity contribution in [3.8, 4) is 11.3 Å². The Morgan fingerprint density at radius 3 is 2.57 bits per heavy atom. The van der Waals surface area contributed by atoms with E-state index in [1.54, 1.807) is 18.0 Å². The van der Waals surface area contributed by atoms with Gasteiger partial charge in [0.1, 0.15) is 5.69 Å². The quantitative estimate of drug-likeness (QED) is 0.851. The predicted octanol–water partition coefficient (Wildman–Crippen LogP) is 2.94. The van der Waals surface area contributed by atoms with Crippen LogP contribution in [0.5, 0.6) is 0 Å². The molecule has 0 aliphatic heterocycles. The van der Waals surface area contributed by atoms with Gasteiger partial charge in [-0.2, -0.15) is 5.10 Å². The molecule has 3 N–H and O–H groups in total. The van der Waals surface area contributed by atoms with Gasteiger partial charge in [-0.1, -0.05) is 44.2 Å². The summed E-state index contributed by atoms with van der Waals surface area (Å²) in [5.41, 5.74) is 8.29. The van der Waals surface area contributed by atoms with Gasteiger partial charge in [0.15, 0.2) is 0 Å². The van der Waals surface area contributed by atoms with E-state index < -0.39 is 0 Å². The highest BCUT2D eigenvalue weighted by Gasteiger charge is 2.17. The van der Waals surface area contributed by atoms with E-state index in [0.717, 1.165) is 17.7 Å². The minimum atomic E-state index is -0.0642. The molecule has 0 bridgehead atoms. The number of halogens is 1. The van der Waals surface area contributed by atoms with Crippen LogP contribution in [0.25, 0.3) is 11.3 Å². The molecule has 2 rings (SSSR count). The number of hydrogen-bond donors (Lipinski definition) is 2. The van der Waals surface area contributed by atoms with E-state index in [1.165, 1.54) is 0 Å². The number of hydrogen-bond acceptors (Lipinski definition) is 3. The van der Waals surface area contributed by atoms with Crippen LogP contribution in [0.1, 0.15) is 30.8 Å². The van der Waals surface area contributed by atoms with Crippen molar-refractivity contribution in [3.05, 3.63) is 42.1 Å². The van der Waals surface area contributed by atoms with Gasteiger partial charge < -0.3 is 10.6 Å². The maximum absolute atomic E-state index is 12.4. The maximum atomic E-state index is 12.4. The first-order valence-corrected chi connectivity index (χ1v) is 7.61. The smallest absolute Gasteiger partial charge is 0.271 e. The second-order valence-corrected chi connectivity index (χ2v) is 5.96. The Morgan fingerprint density at radius 2 is 1.96 bits per heavy atom. The van der Waals surface area contributed by atoms with Gasteiger partial charge in [0, 0.05) is 25.2 Å². The van der Waals surface area contributed by atoms with E-state index in [9.17, 15) is 4.79 Å². The maximum Gasteiger partial charge on any atom is 0.271 e. The summed E-state index contributed by atoms with van der Waals surface area (Å²) in [5.74, 6) is 0.353. The topological polar surface area (TPSA) is 75.0 Å². The third kappa shape index (κ3) is 5.08. The Morgan fingerprint density at radius 1 is 1.30 bits per heavy atom. The lowest BCUT2D eigenvalue weighted by molar-refractivity contribution is 0.0783. The van der Waals surface area contributed by atoms with E-state index in [2.05, 4.69) is 24.0 Å². The van der Waals surface area contributed by atoms with Crippen LogP contribution in [0.15, 0.2) is 36.4 Å². The highest BCUT2D eigenvalue weighted by molar-refractivity contribution is 5.93. The fraction of sp³-hybridized carbons (Fsp3) is 0.412. The van der Waals surface area contributed by atoms with E-state index in [-0.39, 0.29) is 24.4 Å². The number of benzene rings is 1. The van der Waals surface area contributed by atoms with Crippen LogP contribution >= 0.6 is 12.4 Å². The largest absolute Gasteiger partial charge is 0.340 e. The SMILES string of the molecule is CC(C)C(N)CCN(C)C(=O)c1cc(-c2ccccc2)n[nH]1.Cl. The van der Waals surface area contributed by atoms with Gasteiger partial charge in [0.05, 0.1) is 5.69 Å². The van der Waals surface area contributed by atoms with Gasteiger partial charge >= 0.3 is 0 Å². The van der Waals surface area contributed by atoms with E-state index in [4.69, 9.17) is 5.73 Å². The summed E-state index contributed by atoms with van der Waals surface area (Å²) in [5, 5.41) is 7.04. The Balaban J connectivity index is 0.00000264. The first kappa shape index (κ1) is 19.2. The molecule has 5 nitrogen and oxygen atoms in total. The molecule has 1 atom stereocenters. The molecule has 0 saturated carbocycles. The molecule has 23 heavy (non-hydrogen) atoms. The van der Waals surface area contributed by atoms with Crippen molar-refractivity contribution in [2.24, 2.45) is 11.7 Å². The van der Waals surface area contributed by atoms with Gasteiger partial charge in [-0.25, -0.2) is 0 Å². The number of carbonyl (C=O) groups is 1. The van der Waals surface area contributed by atoms with E-state index >= 15 is 0 Å². The number of carbonyl (C=O) groups excluding carboxylic acids is 1.